The molecule has 1 rings (SSSR count). The number of hydrogen-bond acceptors (Lipinski definition) is 2. The highest BCUT2D eigenvalue weighted by atomic mass is 16.1. The van der Waals surface area contributed by atoms with Gasteiger partial charge in [-0.15, -0.1) is 0 Å². The maximum absolute atomic E-state index is 11.0. The lowest BCUT2D eigenvalue weighted by Crippen LogP contribution is -2.25. The largest absolute Gasteiger partial charge is 0.386 e. The molecular weight excluding hydrogens is 152 g/mol. The van der Waals surface area contributed by atoms with Crippen molar-refractivity contribution in [1.82, 2.24) is 10.6 Å². The molecule has 0 aromatic rings. The van der Waals surface area contributed by atoms with E-state index in [9.17, 15) is 4.79 Å². The van der Waals surface area contributed by atoms with E-state index >= 15 is 0 Å². The Morgan fingerprint density at radius 1 is 1.42 bits per heavy atom. The number of nitrogens with one attached hydrogen (secondary N) is 2. The molecule has 0 bridgehead atoms. The van der Waals surface area contributed by atoms with Crippen molar-refractivity contribution in [3.05, 3.63) is 11.8 Å². The summed E-state index contributed by atoms with van der Waals surface area (Å²) in [5, 5.41) is 6.00. The Kier molecular flexibility index (Phi) is 3.64. The molecule has 0 aliphatic carbocycles. The highest BCUT2D eigenvalue weighted by molar-refractivity contribution is 5.88. The van der Waals surface area contributed by atoms with E-state index in [1.807, 2.05) is 0 Å². The van der Waals surface area contributed by atoms with Gasteiger partial charge in [-0.2, -0.15) is 0 Å². The molecule has 1 amide bonds. The van der Waals surface area contributed by atoms with Gasteiger partial charge in [-0.3, -0.25) is 4.79 Å². The van der Waals surface area contributed by atoms with Gasteiger partial charge in [0.05, 0.1) is 0 Å². The smallest absolute Gasteiger partial charge is 0.245 e. The fourth-order valence-corrected chi connectivity index (χ4v) is 1.20. The van der Waals surface area contributed by atoms with Crippen molar-refractivity contribution >= 4 is 5.91 Å². The van der Waals surface area contributed by atoms with Gasteiger partial charge in [0.1, 0.15) is 0 Å². The summed E-state index contributed by atoms with van der Waals surface area (Å²) in [6.45, 7) is 3.73. The van der Waals surface area contributed by atoms with Crippen LogP contribution in [0.4, 0.5) is 0 Å². The van der Waals surface area contributed by atoms with Crippen molar-refractivity contribution < 1.29 is 4.79 Å². The molecule has 0 unspecified atom stereocenters. The second-order valence-electron chi connectivity index (χ2n) is 2.99. The summed E-state index contributed by atoms with van der Waals surface area (Å²) in [6, 6.07) is 0. The first-order valence-electron chi connectivity index (χ1n) is 4.55. The third-order valence-corrected chi connectivity index (χ3v) is 1.88. The van der Waals surface area contributed by atoms with Crippen LogP contribution in [-0.2, 0) is 4.79 Å². The SMILES string of the molecule is CCCCC1=CC(=O)NCCN1. The number of amides is 1. The van der Waals surface area contributed by atoms with Gasteiger partial charge >= 0.3 is 0 Å². The summed E-state index contributed by atoms with van der Waals surface area (Å²) >= 11 is 0. The minimum absolute atomic E-state index is 0.0334. The molecule has 0 aromatic carbocycles. The number of carbonyl (C=O) groups is 1. The van der Waals surface area contributed by atoms with Crippen LogP contribution in [0.3, 0.4) is 0 Å². The summed E-state index contributed by atoms with van der Waals surface area (Å²) in [5.74, 6) is 0.0334. The van der Waals surface area contributed by atoms with Gasteiger partial charge in [0.15, 0.2) is 0 Å². The maximum atomic E-state index is 11.0. The number of allylic oxidation sites excluding steroid dienone is 1. The molecule has 0 fully saturated rings. The van der Waals surface area contributed by atoms with Gasteiger partial charge in [0.25, 0.3) is 0 Å². The summed E-state index contributed by atoms with van der Waals surface area (Å²) in [7, 11) is 0. The zero-order valence-corrected chi connectivity index (χ0v) is 7.52. The molecule has 0 atom stereocenters. The van der Waals surface area contributed by atoms with Gasteiger partial charge in [-0.1, -0.05) is 13.3 Å². The van der Waals surface area contributed by atoms with Crippen LogP contribution in [0, 0.1) is 0 Å². The number of hydrogen-bond donors (Lipinski definition) is 2. The monoisotopic (exact) mass is 168 g/mol. The molecule has 1 aliphatic heterocycles. The average Bonchev–Trinajstić information content (AvgIpc) is 2.26. The van der Waals surface area contributed by atoms with Gasteiger partial charge in [-0.05, 0) is 12.8 Å². The Balaban J connectivity index is 2.42. The molecule has 0 radical (unpaired) electrons. The zero-order chi connectivity index (χ0) is 8.81. The van der Waals surface area contributed by atoms with Gasteiger partial charge in [0.2, 0.25) is 5.91 Å². The molecule has 2 N–H and O–H groups in total. The molecule has 1 aliphatic rings. The molecule has 1 heterocycles. The maximum Gasteiger partial charge on any atom is 0.245 e. The van der Waals surface area contributed by atoms with E-state index < -0.39 is 0 Å². The Bertz CT molecular complexity index is 187. The first kappa shape index (κ1) is 9.10. The van der Waals surface area contributed by atoms with E-state index in [1.54, 1.807) is 6.08 Å². The third kappa shape index (κ3) is 2.95. The van der Waals surface area contributed by atoms with Crippen molar-refractivity contribution in [1.29, 1.82) is 0 Å². The van der Waals surface area contributed by atoms with Crippen LogP contribution in [0.1, 0.15) is 26.2 Å². The fraction of sp³-hybridized carbons (Fsp3) is 0.667. The topological polar surface area (TPSA) is 41.1 Å². The Morgan fingerprint density at radius 2 is 2.17 bits per heavy atom. The summed E-state index contributed by atoms with van der Waals surface area (Å²) < 4.78 is 0. The van der Waals surface area contributed by atoms with E-state index in [0.29, 0.717) is 0 Å². The Labute approximate surface area is 73.2 Å². The molecular formula is C9H16N2O. The highest BCUT2D eigenvalue weighted by Gasteiger charge is 2.04. The molecule has 68 valence electrons. The van der Waals surface area contributed by atoms with Crippen molar-refractivity contribution in [3.63, 3.8) is 0 Å². The zero-order valence-electron chi connectivity index (χ0n) is 7.52. The second-order valence-corrected chi connectivity index (χ2v) is 2.99. The van der Waals surface area contributed by atoms with Crippen LogP contribution in [0.25, 0.3) is 0 Å². The first-order valence-corrected chi connectivity index (χ1v) is 4.55. The van der Waals surface area contributed by atoms with Crippen molar-refractivity contribution in [3.8, 4) is 0 Å². The quantitative estimate of drug-likeness (QED) is 0.654. The third-order valence-electron chi connectivity index (χ3n) is 1.88. The van der Waals surface area contributed by atoms with Crippen molar-refractivity contribution in [2.24, 2.45) is 0 Å². The summed E-state index contributed by atoms with van der Waals surface area (Å²) in [5.41, 5.74) is 1.08. The Hall–Kier alpha value is -0.990. The van der Waals surface area contributed by atoms with Gasteiger partial charge < -0.3 is 10.6 Å². The van der Waals surface area contributed by atoms with Gasteiger partial charge in [0, 0.05) is 24.9 Å². The van der Waals surface area contributed by atoms with Crippen molar-refractivity contribution in [2.75, 3.05) is 13.1 Å². The van der Waals surface area contributed by atoms with E-state index in [2.05, 4.69) is 17.6 Å². The number of carbonyl (C=O) groups excluding carboxylic acids is 1. The molecule has 0 spiro atoms. The van der Waals surface area contributed by atoms with Crippen LogP contribution in [0.2, 0.25) is 0 Å². The molecule has 0 aromatic heterocycles. The average molecular weight is 168 g/mol. The van der Waals surface area contributed by atoms with Crippen LogP contribution >= 0.6 is 0 Å². The molecule has 0 saturated carbocycles. The minimum Gasteiger partial charge on any atom is -0.386 e. The second kappa shape index (κ2) is 4.80. The number of unbranched alkanes of at least 4 members (excludes halogenated alkanes) is 1. The lowest BCUT2D eigenvalue weighted by atomic mass is 10.2. The van der Waals surface area contributed by atoms with Crippen LogP contribution in [-0.4, -0.2) is 19.0 Å². The van der Waals surface area contributed by atoms with E-state index in [-0.39, 0.29) is 5.91 Å². The Morgan fingerprint density at radius 3 is 2.92 bits per heavy atom. The normalized spacial score (nSPS) is 17.4. The van der Waals surface area contributed by atoms with Gasteiger partial charge in [-0.25, -0.2) is 0 Å². The molecule has 3 heteroatoms. The summed E-state index contributed by atoms with van der Waals surface area (Å²) in [4.78, 5) is 11.0. The lowest BCUT2D eigenvalue weighted by Gasteiger charge is -2.05. The minimum atomic E-state index is 0.0334. The van der Waals surface area contributed by atoms with Crippen molar-refractivity contribution in [2.45, 2.75) is 26.2 Å². The van der Waals surface area contributed by atoms with E-state index in [0.717, 1.165) is 31.6 Å². The van der Waals surface area contributed by atoms with Crippen LogP contribution in [0.5, 0.6) is 0 Å². The first-order chi connectivity index (χ1) is 5.83. The predicted molar refractivity (Wildman–Crippen MR) is 48.6 cm³/mol. The van der Waals surface area contributed by atoms with E-state index in [4.69, 9.17) is 0 Å². The van der Waals surface area contributed by atoms with Crippen LogP contribution < -0.4 is 10.6 Å². The molecule has 0 saturated heterocycles. The van der Waals surface area contributed by atoms with E-state index in [1.165, 1.54) is 6.42 Å². The predicted octanol–water partition coefficient (Wildman–Crippen LogP) is 0.780. The highest BCUT2D eigenvalue weighted by Crippen LogP contribution is 2.04. The molecule has 3 nitrogen and oxygen atoms in total. The standard InChI is InChI=1S/C9H16N2O/c1-2-3-4-8-7-9(12)11-6-5-10-8/h7,10H,2-6H2,1H3,(H,11,12). The molecule has 12 heavy (non-hydrogen) atoms. The number of rotatable bonds is 3. The fourth-order valence-electron chi connectivity index (χ4n) is 1.20. The summed E-state index contributed by atoms with van der Waals surface area (Å²) in [6.07, 6.45) is 4.97. The lowest BCUT2D eigenvalue weighted by molar-refractivity contribution is -0.116. The van der Waals surface area contributed by atoms with Crippen LogP contribution in [0.15, 0.2) is 11.8 Å².